The molecule has 1 fully saturated rings. The number of rotatable bonds is 5. The Morgan fingerprint density at radius 1 is 1.04 bits per heavy atom. The van der Waals surface area contributed by atoms with Gasteiger partial charge in [0.25, 0.3) is 5.91 Å². The minimum atomic E-state index is -4.36. The van der Waals surface area contributed by atoms with Crippen LogP contribution in [0.25, 0.3) is 0 Å². The summed E-state index contributed by atoms with van der Waals surface area (Å²) in [7, 11) is 0. The van der Waals surface area contributed by atoms with E-state index in [9.17, 15) is 18.0 Å². The molecular formula is C18H22F3N3OS+2. The Bertz CT molecular complexity index is 708. The molecule has 1 aromatic carbocycles. The Morgan fingerprint density at radius 2 is 1.69 bits per heavy atom. The molecule has 1 amide bonds. The number of quaternary nitrogens is 2. The van der Waals surface area contributed by atoms with Gasteiger partial charge in [0.15, 0.2) is 6.54 Å². The highest BCUT2D eigenvalue weighted by Crippen LogP contribution is 2.29. The maximum absolute atomic E-state index is 12.5. The lowest BCUT2D eigenvalue weighted by Gasteiger charge is -2.29. The van der Waals surface area contributed by atoms with Crippen molar-refractivity contribution in [2.24, 2.45) is 0 Å². The smallest absolute Gasteiger partial charge is 0.321 e. The van der Waals surface area contributed by atoms with Gasteiger partial charge in [0, 0.05) is 5.69 Å². The molecule has 0 spiro atoms. The number of nitrogens with one attached hydrogen (secondary N) is 3. The van der Waals surface area contributed by atoms with Crippen LogP contribution < -0.4 is 15.1 Å². The number of piperazine rings is 1. The first-order chi connectivity index (χ1) is 12.4. The maximum atomic E-state index is 12.5. The van der Waals surface area contributed by atoms with Crippen LogP contribution in [-0.2, 0) is 17.5 Å². The summed E-state index contributed by atoms with van der Waals surface area (Å²) in [5.41, 5.74) is -0.324. The van der Waals surface area contributed by atoms with E-state index in [1.807, 2.05) is 0 Å². The van der Waals surface area contributed by atoms with Crippen LogP contribution >= 0.6 is 11.3 Å². The maximum Gasteiger partial charge on any atom is 0.416 e. The molecule has 0 radical (unpaired) electrons. The summed E-state index contributed by atoms with van der Waals surface area (Å²) in [6.45, 7) is 5.24. The number of carbonyl (C=O) groups excluding carboxylic acids is 1. The van der Waals surface area contributed by atoms with Gasteiger partial charge in [-0.25, -0.2) is 0 Å². The molecule has 4 nitrogen and oxygen atoms in total. The number of amides is 1. The lowest BCUT2D eigenvalue weighted by atomic mass is 10.2. The molecule has 1 saturated heterocycles. The molecule has 3 rings (SSSR count). The quantitative estimate of drug-likeness (QED) is 0.696. The average Bonchev–Trinajstić information content (AvgIpc) is 3.09. The number of benzene rings is 1. The normalized spacial score (nSPS) is 20.7. The Hall–Kier alpha value is -1.90. The topological polar surface area (TPSA) is 38.0 Å². The third-order valence-corrected chi connectivity index (χ3v) is 5.45. The first kappa shape index (κ1) is 18.9. The number of hydrogen-bond donors (Lipinski definition) is 3. The van der Waals surface area contributed by atoms with E-state index in [1.54, 1.807) is 11.3 Å². The van der Waals surface area contributed by atoms with Gasteiger partial charge in [-0.3, -0.25) is 4.79 Å². The number of anilines is 1. The number of hydrogen-bond acceptors (Lipinski definition) is 2. The molecule has 0 bridgehead atoms. The molecule has 0 saturated carbocycles. The highest BCUT2D eigenvalue weighted by molar-refractivity contribution is 7.09. The largest absolute Gasteiger partial charge is 0.416 e. The summed E-state index contributed by atoms with van der Waals surface area (Å²) in [5, 5.41) is 4.77. The summed E-state index contributed by atoms with van der Waals surface area (Å²) in [5.74, 6) is -0.165. The van der Waals surface area contributed by atoms with Gasteiger partial charge in [0.1, 0.15) is 32.7 Å². The lowest BCUT2D eigenvalue weighted by molar-refractivity contribution is -1.01. The van der Waals surface area contributed by atoms with Crippen molar-refractivity contribution in [1.82, 2.24) is 0 Å². The fourth-order valence-electron chi connectivity index (χ4n) is 3.15. The van der Waals surface area contributed by atoms with Crippen LogP contribution in [0.15, 0.2) is 41.8 Å². The number of halogens is 3. The van der Waals surface area contributed by atoms with Crippen molar-refractivity contribution >= 4 is 22.9 Å². The molecule has 0 atom stereocenters. The van der Waals surface area contributed by atoms with Crippen molar-refractivity contribution in [3.8, 4) is 0 Å². The van der Waals surface area contributed by atoms with Gasteiger partial charge in [0.2, 0.25) is 0 Å². The van der Waals surface area contributed by atoms with Gasteiger partial charge in [-0.05, 0) is 35.7 Å². The first-order valence-corrected chi connectivity index (χ1v) is 9.45. The standard InChI is InChI=1S/C18H20F3N3OS/c19-18(20,21)14-3-5-15(6-4-14)22-17(25)13-24-9-7-23(8-10-24)12-16-2-1-11-26-16/h1-6,11H,7-10,12-13H2,(H,22,25)/p+2. The monoisotopic (exact) mass is 385 g/mol. The predicted octanol–water partition coefficient (Wildman–Crippen LogP) is 0.689. The second-order valence-corrected chi connectivity index (χ2v) is 7.59. The molecule has 1 aliphatic heterocycles. The lowest BCUT2D eigenvalue weighted by Crippen LogP contribution is -3.28. The molecule has 26 heavy (non-hydrogen) atoms. The Balaban J connectivity index is 1.43. The molecule has 1 aliphatic rings. The number of carbonyl (C=O) groups is 1. The van der Waals surface area contributed by atoms with Gasteiger partial charge in [0.05, 0.1) is 10.4 Å². The van der Waals surface area contributed by atoms with Crippen LogP contribution in [0, 0.1) is 0 Å². The Labute approximate surface area is 154 Å². The van der Waals surface area contributed by atoms with Crippen LogP contribution in [0.5, 0.6) is 0 Å². The van der Waals surface area contributed by atoms with Crippen LogP contribution in [0.4, 0.5) is 18.9 Å². The van der Waals surface area contributed by atoms with E-state index in [-0.39, 0.29) is 5.91 Å². The van der Waals surface area contributed by atoms with Gasteiger partial charge in [-0.2, -0.15) is 13.2 Å². The van der Waals surface area contributed by atoms with Gasteiger partial charge < -0.3 is 15.1 Å². The van der Waals surface area contributed by atoms with Gasteiger partial charge >= 0.3 is 6.18 Å². The van der Waals surface area contributed by atoms with E-state index in [2.05, 4.69) is 22.8 Å². The Kier molecular flexibility index (Phi) is 5.95. The van der Waals surface area contributed by atoms with Crippen molar-refractivity contribution < 1.29 is 27.8 Å². The third-order valence-electron chi connectivity index (χ3n) is 4.58. The van der Waals surface area contributed by atoms with E-state index in [0.29, 0.717) is 12.2 Å². The SMILES string of the molecule is O=C(C[NH+]1CC[NH+](Cc2cccs2)CC1)Nc1ccc(C(F)(F)F)cc1. The average molecular weight is 385 g/mol. The van der Waals surface area contributed by atoms with Crippen molar-refractivity contribution in [3.63, 3.8) is 0 Å². The van der Waals surface area contributed by atoms with E-state index < -0.39 is 11.7 Å². The molecule has 0 aliphatic carbocycles. The van der Waals surface area contributed by atoms with Crippen molar-refractivity contribution in [3.05, 3.63) is 52.2 Å². The van der Waals surface area contributed by atoms with Crippen LogP contribution in [0.2, 0.25) is 0 Å². The zero-order chi connectivity index (χ0) is 18.6. The molecule has 140 valence electrons. The molecule has 0 unspecified atom stereocenters. The van der Waals surface area contributed by atoms with E-state index >= 15 is 0 Å². The third kappa shape index (κ3) is 5.30. The number of alkyl halides is 3. The molecular weight excluding hydrogens is 363 g/mol. The molecule has 2 aromatic rings. The van der Waals surface area contributed by atoms with Gasteiger partial charge in [-0.15, -0.1) is 11.3 Å². The molecule has 1 aromatic heterocycles. The highest BCUT2D eigenvalue weighted by atomic mass is 32.1. The van der Waals surface area contributed by atoms with Gasteiger partial charge in [-0.1, -0.05) is 6.07 Å². The summed E-state index contributed by atoms with van der Waals surface area (Å²) < 4.78 is 37.6. The summed E-state index contributed by atoms with van der Waals surface area (Å²) in [6, 6.07) is 8.75. The summed E-state index contributed by atoms with van der Waals surface area (Å²) in [4.78, 5) is 16.3. The number of thiophene rings is 1. The fourth-order valence-corrected chi connectivity index (χ4v) is 3.92. The van der Waals surface area contributed by atoms with E-state index in [1.165, 1.54) is 26.8 Å². The second-order valence-electron chi connectivity index (χ2n) is 6.56. The zero-order valence-electron chi connectivity index (χ0n) is 14.2. The fraction of sp³-hybridized carbons (Fsp3) is 0.389. The van der Waals surface area contributed by atoms with Crippen LogP contribution in [-0.4, -0.2) is 38.6 Å². The van der Waals surface area contributed by atoms with Crippen molar-refractivity contribution in [2.45, 2.75) is 12.7 Å². The molecule has 3 N–H and O–H groups in total. The van der Waals surface area contributed by atoms with E-state index in [4.69, 9.17) is 0 Å². The minimum absolute atomic E-state index is 0.165. The zero-order valence-corrected chi connectivity index (χ0v) is 15.1. The van der Waals surface area contributed by atoms with Crippen LogP contribution in [0.1, 0.15) is 10.4 Å². The molecule has 8 heteroatoms. The minimum Gasteiger partial charge on any atom is -0.321 e. The molecule has 2 heterocycles. The van der Waals surface area contributed by atoms with E-state index in [0.717, 1.165) is 44.9 Å². The summed E-state index contributed by atoms with van der Waals surface area (Å²) >= 11 is 1.77. The van der Waals surface area contributed by atoms with Crippen molar-refractivity contribution in [2.75, 3.05) is 38.0 Å². The Morgan fingerprint density at radius 3 is 2.27 bits per heavy atom. The predicted molar refractivity (Wildman–Crippen MR) is 94.4 cm³/mol. The van der Waals surface area contributed by atoms with Crippen LogP contribution in [0.3, 0.4) is 0 Å². The van der Waals surface area contributed by atoms with Crippen molar-refractivity contribution in [1.29, 1.82) is 0 Å². The highest BCUT2D eigenvalue weighted by Gasteiger charge is 2.30. The summed E-state index contributed by atoms with van der Waals surface area (Å²) in [6.07, 6.45) is -4.36. The second kappa shape index (κ2) is 8.20. The first-order valence-electron chi connectivity index (χ1n) is 8.57.